The van der Waals surface area contributed by atoms with E-state index in [0.717, 1.165) is 37.5 Å². The highest BCUT2D eigenvalue weighted by Crippen LogP contribution is 2.22. The first-order valence-corrected chi connectivity index (χ1v) is 19.3. The van der Waals surface area contributed by atoms with Crippen molar-refractivity contribution < 1.29 is 4.79 Å². The third-order valence-corrected chi connectivity index (χ3v) is 8.95. The van der Waals surface area contributed by atoms with Crippen LogP contribution in [-0.4, -0.2) is 5.78 Å². The molecule has 0 aromatic rings. The summed E-state index contributed by atoms with van der Waals surface area (Å²) in [6.07, 6.45) is 41.0. The summed E-state index contributed by atoms with van der Waals surface area (Å²) in [6.45, 7) is 13.9. The van der Waals surface area contributed by atoms with Crippen molar-refractivity contribution in [2.45, 2.75) is 221 Å². The Morgan fingerprint density at radius 1 is 0.405 bits per heavy atom. The van der Waals surface area contributed by atoms with E-state index in [0.29, 0.717) is 0 Å². The Kier molecular flexibility index (Phi) is 30.9. The number of carbonyl (C=O) groups is 1. The molecule has 0 aliphatic carbocycles. The Morgan fingerprint density at radius 3 is 0.952 bits per heavy atom. The Bertz CT molecular complexity index is 583. The molecule has 0 unspecified atom stereocenters. The SMILES string of the molecule is CCCCCCCCCCCCC(=CC(=O)C=C(CCCCCCCCCCCC)CCCC(C)C)CCCC(C)C. The molecule has 0 saturated carbocycles. The van der Waals surface area contributed by atoms with E-state index < -0.39 is 0 Å². The molecule has 248 valence electrons. The number of hydrogen-bond acceptors (Lipinski definition) is 1. The Morgan fingerprint density at radius 2 is 0.667 bits per heavy atom. The summed E-state index contributed by atoms with van der Waals surface area (Å²) in [5.41, 5.74) is 2.83. The van der Waals surface area contributed by atoms with Crippen LogP contribution in [0, 0.1) is 11.8 Å². The Hall–Kier alpha value is -0.850. The number of carbonyl (C=O) groups excluding carboxylic acids is 1. The van der Waals surface area contributed by atoms with Gasteiger partial charge in [-0.25, -0.2) is 0 Å². The van der Waals surface area contributed by atoms with Crippen molar-refractivity contribution in [3.8, 4) is 0 Å². The van der Waals surface area contributed by atoms with Gasteiger partial charge in [0.2, 0.25) is 0 Å². The average Bonchev–Trinajstić information content (AvgIpc) is 2.94. The van der Waals surface area contributed by atoms with Gasteiger partial charge in [-0.05, 0) is 75.4 Å². The highest BCUT2D eigenvalue weighted by molar-refractivity contribution is 6.00. The number of ketones is 1. The fourth-order valence-electron chi connectivity index (χ4n) is 6.14. The van der Waals surface area contributed by atoms with Gasteiger partial charge in [0, 0.05) is 0 Å². The first kappa shape index (κ1) is 41.1. The number of rotatable bonds is 32. The average molecular weight is 587 g/mol. The lowest BCUT2D eigenvalue weighted by molar-refractivity contribution is -0.110. The fourth-order valence-corrected chi connectivity index (χ4v) is 6.14. The van der Waals surface area contributed by atoms with Gasteiger partial charge in [0.1, 0.15) is 0 Å². The lowest BCUT2D eigenvalue weighted by Crippen LogP contribution is -1.98. The molecule has 0 rings (SSSR count). The number of unbranched alkanes of at least 4 members (excludes halogenated alkanes) is 18. The van der Waals surface area contributed by atoms with Crippen molar-refractivity contribution in [3.63, 3.8) is 0 Å². The minimum absolute atomic E-state index is 0.272. The molecule has 42 heavy (non-hydrogen) atoms. The maximum atomic E-state index is 13.3. The van der Waals surface area contributed by atoms with Crippen LogP contribution in [0.15, 0.2) is 23.3 Å². The molecule has 0 spiro atoms. The second kappa shape index (κ2) is 31.6. The molecule has 1 heteroatoms. The van der Waals surface area contributed by atoms with E-state index in [-0.39, 0.29) is 5.78 Å². The van der Waals surface area contributed by atoms with Crippen molar-refractivity contribution in [1.82, 2.24) is 0 Å². The van der Waals surface area contributed by atoms with E-state index in [4.69, 9.17) is 0 Å². The normalized spacial score (nSPS) is 12.7. The molecule has 0 saturated heterocycles. The molecule has 0 aromatic carbocycles. The predicted octanol–water partition coefficient (Wildman–Crippen LogP) is 14.7. The molecule has 0 radical (unpaired) electrons. The van der Waals surface area contributed by atoms with Crippen LogP contribution < -0.4 is 0 Å². The Labute approximate surface area is 266 Å². The van der Waals surface area contributed by atoms with E-state index in [1.807, 2.05) is 0 Å². The highest BCUT2D eigenvalue weighted by Gasteiger charge is 2.07. The molecule has 0 heterocycles. The highest BCUT2D eigenvalue weighted by atomic mass is 16.1. The summed E-state index contributed by atoms with van der Waals surface area (Å²) in [5, 5.41) is 0. The summed E-state index contributed by atoms with van der Waals surface area (Å²) in [5.74, 6) is 1.76. The standard InChI is InChI=1S/C41H78O/c1-7-9-11-13-15-17-19-21-23-25-31-39(33-27-29-37(3)4)35-41(42)36-40(34-28-30-38(5)6)32-26-24-22-20-18-16-14-12-10-8-2/h35-38H,7-34H2,1-6H3. The van der Waals surface area contributed by atoms with Crippen molar-refractivity contribution in [2.75, 3.05) is 0 Å². The zero-order valence-corrected chi connectivity index (χ0v) is 30.0. The third-order valence-electron chi connectivity index (χ3n) is 8.95. The molecule has 1 nitrogen and oxygen atoms in total. The summed E-state index contributed by atoms with van der Waals surface area (Å²) < 4.78 is 0. The molecule has 0 aliphatic rings. The first-order chi connectivity index (χ1) is 20.4. The van der Waals surface area contributed by atoms with Gasteiger partial charge in [-0.15, -0.1) is 0 Å². The van der Waals surface area contributed by atoms with E-state index in [2.05, 4.69) is 53.7 Å². The molecule has 0 atom stereocenters. The zero-order valence-electron chi connectivity index (χ0n) is 30.0. The summed E-state index contributed by atoms with van der Waals surface area (Å²) >= 11 is 0. The summed E-state index contributed by atoms with van der Waals surface area (Å²) in [6, 6.07) is 0. The van der Waals surface area contributed by atoms with Gasteiger partial charge < -0.3 is 0 Å². The van der Waals surface area contributed by atoms with Gasteiger partial charge >= 0.3 is 0 Å². The van der Waals surface area contributed by atoms with Crippen LogP contribution >= 0.6 is 0 Å². The molecule has 0 N–H and O–H groups in total. The van der Waals surface area contributed by atoms with Gasteiger partial charge in [-0.2, -0.15) is 0 Å². The van der Waals surface area contributed by atoms with Crippen LogP contribution in [0.25, 0.3) is 0 Å². The molecule has 0 amide bonds. The largest absolute Gasteiger partial charge is 0.290 e. The summed E-state index contributed by atoms with van der Waals surface area (Å²) in [7, 11) is 0. The quantitative estimate of drug-likeness (QED) is 0.0566. The van der Waals surface area contributed by atoms with Crippen LogP contribution in [0.3, 0.4) is 0 Å². The maximum Gasteiger partial charge on any atom is 0.178 e. The fraction of sp³-hybridized carbons (Fsp3) is 0.878. The van der Waals surface area contributed by atoms with Crippen molar-refractivity contribution in [3.05, 3.63) is 23.3 Å². The zero-order chi connectivity index (χ0) is 31.1. The molecule has 0 aliphatic heterocycles. The van der Waals surface area contributed by atoms with Crippen molar-refractivity contribution in [2.24, 2.45) is 11.8 Å². The van der Waals surface area contributed by atoms with Gasteiger partial charge in [-0.3, -0.25) is 4.79 Å². The predicted molar refractivity (Wildman–Crippen MR) is 191 cm³/mol. The van der Waals surface area contributed by atoms with E-state index >= 15 is 0 Å². The second-order valence-electron chi connectivity index (χ2n) is 14.4. The van der Waals surface area contributed by atoms with Crippen LogP contribution in [0.4, 0.5) is 0 Å². The van der Waals surface area contributed by atoms with Crippen LogP contribution in [0.1, 0.15) is 221 Å². The molecule has 0 fully saturated rings. The Balaban J connectivity index is 4.78. The topological polar surface area (TPSA) is 17.1 Å². The molecule has 0 aromatic heterocycles. The van der Waals surface area contributed by atoms with Crippen molar-refractivity contribution in [1.29, 1.82) is 0 Å². The minimum atomic E-state index is 0.272. The molecular weight excluding hydrogens is 508 g/mol. The van der Waals surface area contributed by atoms with Gasteiger partial charge in [0.05, 0.1) is 0 Å². The molecule has 0 bridgehead atoms. The van der Waals surface area contributed by atoms with Crippen LogP contribution in [0.2, 0.25) is 0 Å². The van der Waals surface area contributed by atoms with Crippen LogP contribution in [0.5, 0.6) is 0 Å². The van der Waals surface area contributed by atoms with E-state index in [1.165, 1.54) is 165 Å². The smallest absolute Gasteiger partial charge is 0.178 e. The monoisotopic (exact) mass is 587 g/mol. The van der Waals surface area contributed by atoms with Gasteiger partial charge in [-0.1, -0.05) is 181 Å². The van der Waals surface area contributed by atoms with E-state index in [1.54, 1.807) is 0 Å². The summed E-state index contributed by atoms with van der Waals surface area (Å²) in [4.78, 5) is 13.3. The third kappa shape index (κ3) is 30.6. The molecular formula is C41H78O. The van der Waals surface area contributed by atoms with Crippen molar-refractivity contribution >= 4 is 5.78 Å². The maximum absolute atomic E-state index is 13.3. The lowest BCUT2D eigenvalue weighted by atomic mass is 9.95. The minimum Gasteiger partial charge on any atom is -0.290 e. The first-order valence-electron chi connectivity index (χ1n) is 19.3. The number of hydrogen-bond donors (Lipinski definition) is 0. The van der Waals surface area contributed by atoms with Crippen LogP contribution in [-0.2, 0) is 4.79 Å². The number of allylic oxidation sites excluding steroid dienone is 4. The van der Waals surface area contributed by atoms with E-state index in [9.17, 15) is 4.79 Å². The second-order valence-corrected chi connectivity index (χ2v) is 14.4. The van der Waals surface area contributed by atoms with Gasteiger partial charge in [0.25, 0.3) is 0 Å². The lowest BCUT2D eigenvalue weighted by Gasteiger charge is -2.11. The van der Waals surface area contributed by atoms with Gasteiger partial charge in [0.15, 0.2) is 5.78 Å².